The van der Waals surface area contributed by atoms with Crippen molar-refractivity contribution in [2.75, 3.05) is 32.1 Å². The van der Waals surface area contributed by atoms with Crippen molar-refractivity contribution in [2.24, 2.45) is 0 Å². The van der Waals surface area contributed by atoms with E-state index in [1.807, 2.05) is 35.3 Å². The van der Waals surface area contributed by atoms with Gasteiger partial charge in [0.05, 0.1) is 41.2 Å². The molecule has 8 rings (SSSR count). The summed E-state index contributed by atoms with van der Waals surface area (Å²) < 4.78 is 49.8. The zero-order chi connectivity index (χ0) is 36.6. The number of thiazole rings is 2. The van der Waals surface area contributed by atoms with Gasteiger partial charge in [0.15, 0.2) is 19.7 Å². The van der Waals surface area contributed by atoms with Crippen molar-refractivity contribution in [3.8, 4) is 0 Å². The Bertz CT molecular complexity index is 2460. The Morgan fingerprint density at radius 3 is 1.63 bits per heavy atom. The fourth-order valence-corrected chi connectivity index (χ4v) is 10.0. The van der Waals surface area contributed by atoms with Crippen LogP contribution in [0.1, 0.15) is 65.7 Å². The lowest BCUT2D eigenvalue weighted by atomic mass is 10.0. The van der Waals surface area contributed by atoms with Crippen LogP contribution in [0.15, 0.2) is 93.6 Å². The lowest BCUT2D eigenvalue weighted by molar-refractivity contribution is 0.205. The van der Waals surface area contributed by atoms with Crippen LogP contribution in [0, 0.1) is 0 Å². The summed E-state index contributed by atoms with van der Waals surface area (Å²) in [7, 11) is -6.31. The number of benzene rings is 4. The van der Waals surface area contributed by atoms with Crippen molar-refractivity contribution in [1.29, 1.82) is 0 Å². The summed E-state index contributed by atoms with van der Waals surface area (Å²) >= 11 is 3.33. The number of aryl methyl sites for hydroxylation is 1. The molecule has 2 aliphatic rings. The predicted octanol–water partition coefficient (Wildman–Crippen LogP) is 8.07. The highest BCUT2D eigenvalue weighted by Gasteiger charge is 2.23. The minimum absolute atomic E-state index is 0.293. The molecule has 0 amide bonds. The molecule has 4 aromatic carbocycles. The van der Waals surface area contributed by atoms with Crippen molar-refractivity contribution in [3.05, 3.63) is 117 Å². The molecule has 6 aromatic rings. The largest absolute Gasteiger partial charge is 0.296 e. The molecule has 52 heavy (non-hydrogen) atoms. The Kier molecular flexibility index (Phi) is 10.7. The van der Waals surface area contributed by atoms with E-state index in [0.29, 0.717) is 21.9 Å². The number of hydrogen-bond donors (Lipinski definition) is 0. The Labute approximate surface area is 315 Å². The third kappa shape index (κ3) is 8.17. The predicted molar refractivity (Wildman–Crippen MR) is 213 cm³/mol. The van der Waals surface area contributed by atoms with E-state index in [4.69, 9.17) is 0 Å². The molecule has 0 bridgehead atoms. The van der Waals surface area contributed by atoms with E-state index < -0.39 is 19.7 Å². The summed E-state index contributed by atoms with van der Waals surface area (Å²) in [6.07, 6.45) is 6.32. The third-order valence-electron chi connectivity index (χ3n) is 10.6. The van der Waals surface area contributed by atoms with Crippen LogP contribution in [-0.2, 0) is 45.5 Å². The molecule has 0 radical (unpaired) electrons. The van der Waals surface area contributed by atoms with E-state index >= 15 is 0 Å². The summed E-state index contributed by atoms with van der Waals surface area (Å²) in [5.41, 5.74) is 13.3. The topological polar surface area (TPSA) is 101 Å². The van der Waals surface area contributed by atoms with Gasteiger partial charge in [0.25, 0.3) is 0 Å². The first-order valence-corrected chi connectivity index (χ1v) is 23.2. The zero-order valence-corrected chi connectivity index (χ0v) is 33.2. The zero-order valence-electron chi connectivity index (χ0n) is 29.9. The summed E-state index contributed by atoms with van der Waals surface area (Å²) in [5.74, 6) is 0. The maximum Gasteiger partial charge on any atom is 0.175 e. The molecular weight excluding hydrogens is 729 g/mol. The smallest absolute Gasteiger partial charge is 0.175 e. The minimum atomic E-state index is -3.16. The first-order chi connectivity index (χ1) is 24.8. The summed E-state index contributed by atoms with van der Waals surface area (Å²) in [6.45, 7) is 8.22. The van der Waals surface area contributed by atoms with Crippen molar-refractivity contribution >= 4 is 62.8 Å². The van der Waals surface area contributed by atoms with E-state index in [9.17, 15) is 16.8 Å². The van der Waals surface area contributed by atoms with Gasteiger partial charge in [0, 0.05) is 44.2 Å². The van der Waals surface area contributed by atoms with Crippen LogP contribution < -0.4 is 0 Å². The van der Waals surface area contributed by atoms with Gasteiger partial charge < -0.3 is 0 Å². The number of rotatable bonds is 6. The Morgan fingerprint density at radius 1 is 0.577 bits per heavy atom. The molecule has 0 spiro atoms. The third-order valence-corrected chi connectivity index (χ3v) is 14.4. The number of sulfone groups is 2. The van der Waals surface area contributed by atoms with E-state index in [0.717, 1.165) is 74.0 Å². The fraction of sp³-hybridized carbons (Fsp3) is 0.350. The second kappa shape index (κ2) is 15.1. The molecule has 4 heterocycles. The van der Waals surface area contributed by atoms with E-state index in [1.165, 1.54) is 44.2 Å². The molecule has 2 unspecified atom stereocenters. The molecule has 0 saturated carbocycles. The fourth-order valence-electron chi connectivity index (χ4n) is 7.35. The lowest BCUT2D eigenvalue weighted by Crippen LogP contribution is -2.29. The van der Waals surface area contributed by atoms with Gasteiger partial charge in [-0.3, -0.25) is 9.80 Å². The summed E-state index contributed by atoms with van der Waals surface area (Å²) in [5, 5.41) is 0. The van der Waals surface area contributed by atoms with Gasteiger partial charge in [-0.2, -0.15) is 0 Å². The van der Waals surface area contributed by atoms with Crippen LogP contribution in [0.5, 0.6) is 0 Å². The molecule has 2 aromatic heterocycles. The monoisotopic (exact) mass is 772 g/mol. The number of fused-ring (bicyclic) bond motifs is 4. The van der Waals surface area contributed by atoms with Gasteiger partial charge in [0.2, 0.25) is 0 Å². The number of nitrogens with zero attached hydrogens (tertiary/aromatic N) is 4. The standard InChI is InChI=1S/2C20H22N2O2S2/c1-14(16-4-6-20-19(12-16)21-13-25-20)22-9-7-15-3-5-18(26(2,23)24)11-17(15)8-10-22;1-14(15-6-8-20-19(11-15)21-13-25-20)22-9-3-4-16-10-18(26(2,23)24)7-5-17(16)12-22/h3-6,11-14H,7-10H2,1-2H3;5-8,10-11,13-14H,3-4,9,12H2,1-2H3. The van der Waals surface area contributed by atoms with Gasteiger partial charge >= 0.3 is 0 Å². The number of aromatic nitrogens is 2. The normalized spacial score (nSPS) is 17.0. The maximum absolute atomic E-state index is 11.8. The Morgan fingerprint density at radius 2 is 1.08 bits per heavy atom. The van der Waals surface area contributed by atoms with Gasteiger partial charge in [-0.05, 0) is 128 Å². The highest BCUT2D eigenvalue weighted by molar-refractivity contribution is 7.91. The maximum atomic E-state index is 11.8. The summed E-state index contributed by atoms with van der Waals surface area (Å²) in [4.78, 5) is 14.7. The van der Waals surface area contributed by atoms with Gasteiger partial charge in [-0.25, -0.2) is 26.8 Å². The summed E-state index contributed by atoms with van der Waals surface area (Å²) in [6, 6.07) is 24.9. The highest BCUT2D eigenvalue weighted by Crippen LogP contribution is 2.31. The molecule has 272 valence electrons. The molecule has 0 fully saturated rings. The average Bonchev–Trinajstić information content (AvgIpc) is 3.68. The molecular formula is C40H44N4O4S4. The second-order valence-electron chi connectivity index (χ2n) is 14.0. The van der Waals surface area contributed by atoms with Gasteiger partial charge in [-0.1, -0.05) is 24.3 Å². The van der Waals surface area contributed by atoms with E-state index in [-0.39, 0.29) is 0 Å². The Balaban J connectivity index is 0.000000162. The SMILES string of the molecule is CC(c1ccc2scnc2c1)N1CCCc2cc(S(C)(=O)=O)ccc2C1.CC(c1ccc2scnc2c1)N1CCc2ccc(S(C)(=O)=O)cc2CC1. The van der Waals surface area contributed by atoms with Gasteiger partial charge in [-0.15, -0.1) is 22.7 Å². The van der Waals surface area contributed by atoms with Gasteiger partial charge in [0.1, 0.15) is 0 Å². The second-order valence-corrected chi connectivity index (χ2v) is 19.8. The van der Waals surface area contributed by atoms with Crippen LogP contribution in [0.2, 0.25) is 0 Å². The van der Waals surface area contributed by atoms with Crippen LogP contribution in [-0.4, -0.2) is 68.7 Å². The lowest BCUT2D eigenvalue weighted by Gasteiger charge is -2.28. The Hall–Kier alpha value is -3.52. The molecule has 0 saturated heterocycles. The molecule has 12 heteroatoms. The molecule has 0 aliphatic carbocycles. The molecule has 2 aliphatic heterocycles. The van der Waals surface area contributed by atoms with Crippen molar-refractivity contribution in [2.45, 2.75) is 68.0 Å². The molecule has 0 N–H and O–H groups in total. The van der Waals surface area contributed by atoms with Crippen molar-refractivity contribution in [1.82, 2.24) is 19.8 Å². The molecule has 8 nitrogen and oxygen atoms in total. The quantitative estimate of drug-likeness (QED) is 0.168. The van der Waals surface area contributed by atoms with Crippen LogP contribution >= 0.6 is 22.7 Å². The first kappa shape index (κ1) is 36.8. The van der Waals surface area contributed by atoms with Crippen molar-refractivity contribution < 1.29 is 16.8 Å². The number of hydrogen-bond acceptors (Lipinski definition) is 10. The van der Waals surface area contributed by atoms with E-state index in [2.05, 4.69) is 70.0 Å². The van der Waals surface area contributed by atoms with Crippen LogP contribution in [0.25, 0.3) is 20.4 Å². The minimum Gasteiger partial charge on any atom is -0.296 e. The average molecular weight is 773 g/mol. The molecule has 2 atom stereocenters. The van der Waals surface area contributed by atoms with Crippen LogP contribution in [0.4, 0.5) is 0 Å². The first-order valence-electron chi connectivity index (χ1n) is 17.6. The van der Waals surface area contributed by atoms with Crippen LogP contribution in [0.3, 0.4) is 0 Å². The van der Waals surface area contributed by atoms with Crippen molar-refractivity contribution in [3.63, 3.8) is 0 Å². The van der Waals surface area contributed by atoms with E-state index in [1.54, 1.807) is 34.8 Å². The highest BCUT2D eigenvalue weighted by atomic mass is 32.2.